The zero-order valence-electron chi connectivity index (χ0n) is 9.52. The largest absolute Gasteiger partial charge is 0.388 e. The van der Waals surface area contributed by atoms with E-state index in [9.17, 15) is 0 Å². The molecule has 0 aliphatic heterocycles. The van der Waals surface area contributed by atoms with Gasteiger partial charge in [-0.2, -0.15) is 0 Å². The normalized spacial score (nSPS) is 16.8. The lowest BCUT2D eigenvalue weighted by molar-refractivity contribution is 0.277. The molecule has 1 saturated carbocycles. The van der Waals surface area contributed by atoms with Gasteiger partial charge in [0, 0.05) is 14.2 Å². The van der Waals surface area contributed by atoms with Crippen molar-refractivity contribution in [2.24, 2.45) is 5.92 Å². The van der Waals surface area contributed by atoms with E-state index in [-0.39, 0.29) is 0 Å². The highest BCUT2D eigenvalue weighted by Gasteiger charge is 2.05. The Balaban J connectivity index is 0. The third-order valence-electron chi connectivity index (χ3n) is 1.89. The van der Waals surface area contributed by atoms with E-state index in [1.807, 2.05) is 13.8 Å². The summed E-state index contributed by atoms with van der Waals surface area (Å²) in [5.74, 6) is 1.04. The Morgan fingerprint density at radius 1 is 0.917 bits per heavy atom. The predicted molar refractivity (Wildman–Crippen MR) is 56.5 cm³/mol. The minimum atomic E-state index is 1.04. The molecule has 0 spiro atoms. The highest BCUT2D eigenvalue weighted by atomic mass is 16.4. The standard InChI is InChI=1S/C7H14.C2H6O.C2H6/c1-7-5-3-2-4-6-7;1-3-2;1-2/h7H,2-6H2,1H3;1-2H3;1-2H3. The molecule has 0 heterocycles. The van der Waals surface area contributed by atoms with Crippen LogP contribution in [0.3, 0.4) is 0 Å². The van der Waals surface area contributed by atoms with E-state index in [0.29, 0.717) is 0 Å². The van der Waals surface area contributed by atoms with Gasteiger partial charge < -0.3 is 4.74 Å². The number of rotatable bonds is 0. The van der Waals surface area contributed by atoms with Crippen molar-refractivity contribution in [1.82, 2.24) is 0 Å². The smallest absolute Gasteiger partial charge is 0.0351 e. The van der Waals surface area contributed by atoms with Crippen molar-refractivity contribution in [3.63, 3.8) is 0 Å². The molecule has 0 unspecified atom stereocenters. The maximum Gasteiger partial charge on any atom is 0.0351 e. The molecule has 1 heteroatoms. The average molecular weight is 174 g/mol. The van der Waals surface area contributed by atoms with E-state index in [1.54, 1.807) is 14.2 Å². The van der Waals surface area contributed by atoms with Gasteiger partial charge in [-0.3, -0.25) is 0 Å². The van der Waals surface area contributed by atoms with Crippen molar-refractivity contribution in [2.75, 3.05) is 14.2 Å². The molecular formula is C11H26O. The molecule has 0 aromatic heterocycles. The molecule has 0 aromatic rings. The highest BCUT2D eigenvalue weighted by Crippen LogP contribution is 2.21. The van der Waals surface area contributed by atoms with Crippen LogP contribution in [0.2, 0.25) is 0 Å². The molecule has 1 nitrogen and oxygen atoms in total. The topological polar surface area (TPSA) is 9.23 Å². The fraction of sp³-hybridized carbons (Fsp3) is 1.00. The summed E-state index contributed by atoms with van der Waals surface area (Å²) in [4.78, 5) is 0. The lowest BCUT2D eigenvalue weighted by Gasteiger charge is -2.15. The van der Waals surface area contributed by atoms with Gasteiger partial charge in [-0.15, -0.1) is 0 Å². The molecule has 0 aromatic carbocycles. The van der Waals surface area contributed by atoms with Gasteiger partial charge in [-0.1, -0.05) is 52.9 Å². The molecule has 1 rings (SSSR count). The number of hydrogen-bond acceptors (Lipinski definition) is 1. The molecule has 76 valence electrons. The van der Waals surface area contributed by atoms with Crippen LogP contribution in [0.5, 0.6) is 0 Å². The van der Waals surface area contributed by atoms with Crippen molar-refractivity contribution < 1.29 is 4.74 Å². The summed E-state index contributed by atoms with van der Waals surface area (Å²) in [7, 11) is 3.25. The van der Waals surface area contributed by atoms with E-state index < -0.39 is 0 Å². The summed E-state index contributed by atoms with van der Waals surface area (Å²) in [6.45, 7) is 6.36. The van der Waals surface area contributed by atoms with E-state index >= 15 is 0 Å². The Morgan fingerprint density at radius 3 is 1.42 bits per heavy atom. The van der Waals surface area contributed by atoms with Crippen molar-refractivity contribution >= 4 is 0 Å². The molecule has 0 atom stereocenters. The zero-order chi connectivity index (χ0) is 9.82. The van der Waals surface area contributed by atoms with Gasteiger partial charge in [0.15, 0.2) is 0 Å². The number of methoxy groups -OCH3 is 1. The third-order valence-corrected chi connectivity index (χ3v) is 1.89. The van der Waals surface area contributed by atoms with Gasteiger partial charge in [0.1, 0.15) is 0 Å². The first-order valence-corrected chi connectivity index (χ1v) is 5.21. The first-order chi connectivity index (χ1) is 5.81. The van der Waals surface area contributed by atoms with Crippen LogP contribution in [0.1, 0.15) is 52.9 Å². The maximum atomic E-state index is 4.25. The van der Waals surface area contributed by atoms with Crippen LogP contribution < -0.4 is 0 Å². The third kappa shape index (κ3) is 12.6. The molecule has 1 aliphatic carbocycles. The van der Waals surface area contributed by atoms with Crippen LogP contribution in [0.4, 0.5) is 0 Å². The molecule has 0 N–H and O–H groups in total. The van der Waals surface area contributed by atoms with Gasteiger partial charge in [0.25, 0.3) is 0 Å². The second kappa shape index (κ2) is 13.5. The van der Waals surface area contributed by atoms with Gasteiger partial charge in [0.2, 0.25) is 0 Å². The molecular weight excluding hydrogens is 148 g/mol. The molecule has 0 bridgehead atoms. The molecule has 0 radical (unpaired) electrons. The molecule has 12 heavy (non-hydrogen) atoms. The predicted octanol–water partition coefficient (Wildman–Crippen LogP) is 3.88. The summed E-state index contributed by atoms with van der Waals surface area (Å²) in [6, 6.07) is 0. The molecule has 0 saturated heterocycles. The highest BCUT2D eigenvalue weighted by molar-refractivity contribution is 4.59. The van der Waals surface area contributed by atoms with Crippen LogP contribution in [0.15, 0.2) is 0 Å². The van der Waals surface area contributed by atoms with Crippen molar-refractivity contribution in [1.29, 1.82) is 0 Å². The minimum absolute atomic E-state index is 1.04. The number of hydrogen-bond donors (Lipinski definition) is 0. The Bertz CT molecular complexity index is 56.0. The lowest BCUT2D eigenvalue weighted by atomic mass is 9.91. The van der Waals surface area contributed by atoms with E-state index in [0.717, 1.165) is 5.92 Å². The van der Waals surface area contributed by atoms with Crippen LogP contribution in [-0.2, 0) is 4.74 Å². The average Bonchev–Trinajstić information content (AvgIpc) is 2.11. The van der Waals surface area contributed by atoms with Crippen molar-refractivity contribution in [3.8, 4) is 0 Å². The van der Waals surface area contributed by atoms with Gasteiger partial charge in [-0.05, 0) is 5.92 Å². The summed E-state index contributed by atoms with van der Waals surface area (Å²) in [6.07, 6.45) is 7.44. The Hall–Kier alpha value is -0.0400. The lowest BCUT2D eigenvalue weighted by Crippen LogP contribution is -1.99. The maximum absolute atomic E-state index is 4.25. The first-order valence-electron chi connectivity index (χ1n) is 5.21. The summed E-state index contributed by atoms with van der Waals surface area (Å²) in [5, 5.41) is 0. The Morgan fingerprint density at radius 2 is 1.25 bits per heavy atom. The van der Waals surface area contributed by atoms with Crippen molar-refractivity contribution in [2.45, 2.75) is 52.9 Å². The van der Waals surface area contributed by atoms with Crippen LogP contribution in [0.25, 0.3) is 0 Å². The SMILES string of the molecule is CC.CC1CCCCC1.COC. The summed E-state index contributed by atoms with van der Waals surface area (Å²) >= 11 is 0. The molecule has 1 fully saturated rings. The monoisotopic (exact) mass is 174 g/mol. The van der Waals surface area contributed by atoms with Gasteiger partial charge in [0.05, 0.1) is 0 Å². The van der Waals surface area contributed by atoms with E-state index in [2.05, 4.69) is 11.7 Å². The van der Waals surface area contributed by atoms with Crippen LogP contribution >= 0.6 is 0 Å². The second-order valence-corrected chi connectivity index (χ2v) is 3.15. The zero-order valence-corrected chi connectivity index (χ0v) is 9.52. The summed E-state index contributed by atoms with van der Waals surface area (Å²) in [5.41, 5.74) is 0. The Labute approximate surface area is 78.5 Å². The first kappa shape index (κ1) is 14.5. The molecule has 1 aliphatic rings. The van der Waals surface area contributed by atoms with Crippen LogP contribution in [-0.4, -0.2) is 14.2 Å². The fourth-order valence-corrected chi connectivity index (χ4v) is 1.31. The Kier molecular flexibility index (Phi) is 16.3. The van der Waals surface area contributed by atoms with E-state index in [1.165, 1.54) is 32.1 Å². The fourth-order valence-electron chi connectivity index (χ4n) is 1.31. The van der Waals surface area contributed by atoms with Gasteiger partial charge in [-0.25, -0.2) is 0 Å². The van der Waals surface area contributed by atoms with Crippen molar-refractivity contribution in [3.05, 3.63) is 0 Å². The quantitative estimate of drug-likeness (QED) is 0.541. The minimum Gasteiger partial charge on any atom is -0.388 e. The summed E-state index contributed by atoms with van der Waals surface area (Å²) < 4.78 is 4.25. The second-order valence-electron chi connectivity index (χ2n) is 3.15. The number of ether oxygens (including phenoxy) is 1. The molecule has 0 amide bonds. The van der Waals surface area contributed by atoms with E-state index in [4.69, 9.17) is 0 Å². The van der Waals surface area contributed by atoms with Gasteiger partial charge >= 0.3 is 0 Å². The van der Waals surface area contributed by atoms with Crippen LogP contribution in [0, 0.1) is 5.92 Å².